The van der Waals surface area contributed by atoms with Crippen LogP contribution >= 0.6 is 22.4 Å². The van der Waals surface area contributed by atoms with Gasteiger partial charge in [-0.2, -0.15) is 4.31 Å². The van der Waals surface area contributed by atoms with Crippen LogP contribution in [0, 0.1) is 0 Å². The maximum Gasteiger partial charge on any atom is 0.488 e. The summed E-state index contributed by atoms with van der Waals surface area (Å²) >= 11 is 3.97. The van der Waals surface area contributed by atoms with E-state index in [2.05, 4.69) is 39.9 Å². The smallest absolute Gasteiger partial charge is 0.387 e. The molecule has 3 rings (SSSR count). The highest BCUT2D eigenvalue weighted by molar-refractivity contribution is 8.08. The molecule has 8 N–H and O–H groups in total. The third-order valence-corrected chi connectivity index (χ3v) is 8.22. The van der Waals surface area contributed by atoms with Crippen molar-refractivity contribution < 1.29 is 56.8 Å². The molecule has 0 saturated carbocycles. The quantitative estimate of drug-likeness (QED) is 0.194. The summed E-state index contributed by atoms with van der Waals surface area (Å²) < 4.78 is 42.1. The van der Waals surface area contributed by atoms with Crippen molar-refractivity contribution in [2.45, 2.75) is 24.5 Å². The Bertz CT molecular complexity index is 1110. The molecule has 0 aliphatic carbocycles. The lowest BCUT2D eigenvalue weighted by Crippen LogP contribution is -2.33. The Kier molecular flexibility index (Phi) is 6.99. The van der Waals surface area contributed by atoms with E-state index in [-0.39, 0.29) is 17.0 Å². The van der Waals surface area contributed by atoms with Gasteiger partial charge in [0, 0.05) is 0 Å². The summed E-state index contributed by atoms with van der Waals surface area (Å²) in [4.78, 5) is 48.2. The Hall–Kier alpha value is -0.940. The molecule has 0 bridgehead atoms. The molecule has 2 aromatic heterocycles. The van der Waals surface area contributed by atoms with Crippen molar-refractivity contribution in [3.05, 3.63) is 12.7 Å². The molecule has 0 amide bonds. The topological polar surface area (TPSA) is 262 Å². The number of nitrogens with two attached hydrogens (primary N) is 1. The number of aliphatic hydroxyl groups is 2. The van der Waals surface area contributed by atoms with E-state index in [0.29, 0.717) is 0 Å². The van der Waals surface area contributed by atoms with Gasteiger partial charge in [-0.05, 0) is 11.8 Å². The molecule has 174 valence electrons. The summed E-state index contributed by atoms with van der Waals surface area (Å²) in [5, 5.41) is 20.5. The molecular weight excluding hydrogens is 507 g/mol. The zero-order chi connectivity index (χ0) is 23.2. The van der Waals surface area contributed by atoms with Crippen LogP contribution in [0.4, 0.5) is 5.82 Å². The predicted molar refractivity (Wildman–Crippen MR) is 102 cm³/mol. The molecule has 31 heavy (non-hydrogen) atoms. The van der Waals surface area contributed by atoms with Crippen molar-refractivity contribution >= 4 is 51.2 Å². The Morgan fingerprint density at radius 1 is 1.10 bits per heavy atom. The van der Waals surface area contributed by atoms with Gasteiger partial charge < -0.3 is 40.3 Å². The van der Waals surface area contributed by atoms with E-state index in [1.54, 1.807) is 0 Å². The molecule has 1 aliphatic rings. The van der Waals surface area contributed by atoms with Crippen molar-refractivity contribution in [1.82, 2.24) is 19.5 Å². The molecule has 2 aromatic rings. The van der Waals surface area contributed by atoms with Gasteiger partial charge in [-0.15, -0.1) is 0 Å². The van der Waals surface area contributed by atoms with Gasteiger partial charge in [-0.3, -0.25) is 9.09 Å². The fourth-order valence-corrected chi connectivity index (χ4v) is 6.41. The minimum Gasteiger partial charge on any atom is -0.387 e. The molecule has 0 radical (unpaired) electrons. The fraction of sp³-hybridized carbons (Fsp3) is 0.500. The number of nitrogens with zero attached hydrogens (tertiary/aromatic N) is 4. The van der Waals surface area contributed by atoms with E-state index in [9.17, 15) is 29.1 Å². The van der Waals surface area contributed by atoms with Gasteiger partial charge in [-0.25, -0.2) is 28.4 Å². The maximum atomic E-state index is 11.9. The van der Waals surface area contributed by atoms with Crippen molar-refractivity contribution in [1.29, 1.82) is 0 Å². The molecule has 1 saturated heterocycles. The summed E-state index contributed by atoms with van der Waals surface area (Å²) in [6.07, 6.45) is -3.53. The Labute approximate surface area is 177 Å². The fourth-order valence-electron chi connectivity index (χ4n) is 2.62. The van der Waals surface area contributed by atoms with E-state index in [1.807, 2.05) is 0 Å². The van der Waals surface area contributed by atoms with Crippen LogP contribution in [0.25, 0.3) is 11.2 Å². The molecule has 21 heteroatoms. The van der Waals surface area contributed by atoms with Crippen LogP contribution in [0.3, 0.4) is 0 Å². The van der Waals surface area contributed by atoms with Gasteiger partial charge >= 0.3 is 22.4 Å². The monoisotopic (exact) mass is 523 g/mol. The first-order chi connectivity index (χ1) is 14.2. The average molecular weight is 523 g/mol. The summed E-state index contributed by atoms with van der Waals surface area (Å²) in [6, 6.07) is 0. The van der Waals surface area contributed by atoms with Gasteiger partial charge in [0.05, 0.1) is 12.9 Å². The van der Waals surface area contributed by atoms with E-state index in [0.717, 1.165) is 6.33 Å². The second-order valence-electron chi connectivity index (χ2n) is 6.02. The summed E-state index contributed by atoms with van der Waals surface area (Å²) in [5.41, 5.74) is 6.05. The number of aromatic nitrogens is 4. The Morgan fingerprint density at radius 2 is 1.77 bits per heavy atom. The average Bonchev–Trinajstić information content (AvgIpc) is 3.13. The number of imidazole rings is 1. The largest absolute Gasteiger partial charge is 0.488 e. The van der Waals surface area contributed by atoms with Gasteiger partial charge in [0.15, 0.2) is 17.7 Å². The number of fused-ring (bicyclic) bond motifs is 1. The second kappa shape index (κ2) is 8.78. The number of aliphatic hydroxyl groups excluding tert-OH is 2. The zero-order valence-electron chi connectivity index (χ0n) is 14.9. The zero-order valence-corrected chi connectivity index (χ0v) is 18.4. The number of anilines is 1. The lowest BCUT2D eigenvalue weighted by atomic mass is 10.1. The van der Waals surface area contributed by atoms with Crippen molar-refractivity contribution in [3.8, 4) is 0 Å². The maximum absolute atomic E-state index is 11.9. The molecule has 3 heterocycles. The van der Waals surface area contributed by atoms with E-state index < -0.39 is 53.5 Å². The van der Waals surface area contributed by atoms with Gasteiger partial charge in [0.1, 0.15) is 30.2 Å². The Morgan fingerprint density at radius 3 is 2.42 bits per heavy atom. The van der Waals surface area contributed by atoms with Crippen LogP contribution < -0.4 is 5.73 Å². The number of nitrogen functional groups attached to an aromatic ring is 1. The normalized spacial score (nSPS) is 28.5. The van der Waals surface area contributed by atoms with Crippen LogP contribution in [-0.2, 0) is 38.8 Å². The number of hydrogen-bond donors (Lipinski definition) is 7. The summed E-state index contributed by atoms with van der Waals surface area (Å²) in [7, 11) is -10.8. The summed E-state index contributed by atoms with van der Waals surface area (Å²) in [5.74, 6) is 0.0574. The van der Waals surface area contributed by atoms with Crippen LogP contribution in [-0.4, -0.2) is 74.2 Å². The van der Waals surface area contributed by atoms with E-state index in [4.69, 9.17) is 20.3 Å². The molecular formula is C10H16N5O12P3S. The SMILES string of the molecule is Nc1ncnc2c1ncn2[C@@H]1O[C@H](COP(=O)(O)OP(=O)(O)OP(O)(O)=S)[C@H](O)C1O. The standard InChI is InChI=1S/C10H16N5O12P3S/c11-8-5-9(13-2-12-8)15(3-14-5)10-7(17)6(16)4(25-10)1-24-28(18,19)26-29(20,21)27-30(22,23)31/h2-4,6-7,10,16-17H,1H2,(H,18,19)(H,20,21)(H2,11,12,13)(H2,22,23,31)/t4-,6+,7?,10-/m1/s1. The number of hydrogen-bond acceptors (Lipinski definition) is 13. The first-order valence-corrected chi connectivity index (χ1v) is 13.5. The van der Waals surface area contributed by atoms with Gasteiger partial charge in [-0.1, -0.05) is 0 Å². The van der Waals surface area contributed by atoms with Crippen molar-refractivity contribution in [2.75, 3.05) is 12.3 Å². The number of phosphoric ester groups is 1. The molecule has 6 atom stereocenters. The number of ether oxygens (including phenoxy) is 1. The van der Waals surface area contributed by atoms with Crippen molar-refractivity contribution in [2.24, 2.45) is 0 Å². The van der Waals surface area contributed by atoms with E-state index >= 15 is 0 Å². The molecule has 17 nitrogen and oxygen atoms in total. The van der Waals surface area contributed by atoms with Gasteiger partial charge in [0.2, 0.25) is 0 Å². The number of phosphoric acid groups is 2. The van der Waals surface area contributed by atoms with Crippen LogP contribution in [0.2, 0.25) is 0 Å². The lowest BCUT2D eigenvalue weighted by Gasteiger charge is -2.19. The van der Waals surface area contributed by atoms with E-state index in [1.165, 1.54) is 10.9 Å². The minimum atomic E-state index is -5.49. The molecule has 0 spiro atoms. The highest BCUT2D eigenvalue weighted by Gasteiger charge is 2.46. The third kappa shape index (κ3) is 5.90. The highest BCUT2D eigenvalue weighted by Crippen LogP contribution is 2.66. The molecule has 1 fully saturated rings. The summed E-state index contributed by atoms with van der Waals surface area (Å²) in [6.45, 7) is -5.61. The van der Waals surface area contributed by atoms with Crippen molar-refractivity contribution in [3.63, 3.8) is 0 Å². The number of rotatable bonds is 8. The predicted octanol–water partition coefficient (Wildman–Crippen LogP) is -1.51. The molecule has 3 unspecified atom stereocenters. The highest BCUT2D eigenvalue weighted by atomic mass is 32.5. The van der Waals surface area contributed by atoms with Crippen LogP contribution in [0.15, 0.2) is 12.7 Å². The molecule has 0 aromatic carbocycles. The first-order valence-electron chi connectivity index (χ1n) is 7.92. The minimum absolute atomic E-state index is 0.0574. The lowest BCUT2D eigenvalue weighted by molar-refractivity contribution is -0.0503. The van der Waals surface area contributed by atoms with Crippen LogP contribution in [0.1, 0.15) is 6.23 Å². The van der Waals surface area contributed by atoms with Gasteiger partial charge in [0.25, 0.3) is 0 Å². The molecule has 1 aliphatic heterocycles. The van der Waals surface area contributed by atoms with Crippen LogP contribution in [0.5, 0.6) is 0 Å². The Balaban J connectivity index is 1.69. The first kappa shape index (κ1) is 24.7. The second-order valence-corrected chi connectivity index (χ2v) is 11.9. The third-order valence-electron chi connectivity index (χ3n) is 3.82.